The summed E-state index contributed by atoms with van der Waals surface area (Å²) in [6.07, 6.45) is -0.662. The average Bonchev–Trinajstić information content (AvgIpc) is 2.36. The van der Waals surface area contributed by atoms with Gasteiger partial charge in [-0.15, -0.1) is 0 Å². The van der Waals surface area contributed by atoms with E-state index in [2.05, 4.69) is 5.32 Å². The van der Waals surface area contributed by atoms with Gasteiger partial charge in [0, 0.05) is 0 Å². The molecule has 4 N–H and O–H groups in total. The minimum absolute atomic E-state index is 0.156. The lowest BCUT2D eigenvalue weighted by molar-refractivity contribution is -0.122. The normalized spacial score (nSPS) is 11.4. The topological polar surface area (TPSA) is 93.4 Å². The molecule has 0 saturated heterocycles. The van der Waals surface area contributed by atoms with E-state index in [4.69, 9.17) is 10.6 Å². The van der Waals surface area contributed by atoms with E-state index in [1.165, 1.54) is 6.92 Å². The third kappa shape index (κ3) is 4.52. The van der Waals surface area contributed by atoms with Gasteiger partial charge >= 0.3 is 6.09 Å². The minimum atomic E-state index is -0.733. The van der Waals surface area contributed by atoms with E-state index >= 15 is 0 Å². The molecular weight excluding hydrogens is 222 g/mol. The molecule has 1 atom stereocenters. The minimum Gasteiger partial charge on any atom is -0.445 e. The third-order valence-corrected chi connectivity index (χ3v) is 2.08. The van der Waals surface area contributed by atoms with Gasteiger partial charge in [0.25, 0.3) is 5.91 Å². The standard InChI is InChI=1S/C11H15N3O3/c1-8(10(15)14-12)13-11(16)17-7-9-5-3-2-4-6-9/h2-6,8H,7,12H2,1H3,(H,13,16)(H,14,15)/t8-/m1/s1. The number of benzene rings is 1. The van der Waals surface area contributed by atoms with Crippen LogP contribution < -0.4 is 16.6 Å². The molecule has 92 valence electrons. The fraction of sp³-hybridized carbons (Fsp3) is 0.273. The number of rotatable bonds is 4. The van der Waals surface area contributed by atoms with Gasteiger partial charge in [-0.1, -0.05) is 30.3 Å². The molecule has 0 spiro atoms. The zero-order chi connectivity index (χ0) is 12.7. The summed E-state index contributed by atoms with van der Waals surface area (Å²) in [5.74, 6) is 4.44. The SMILES string of the molecule is C[C@@H](NC(=O)OCc1ccccc1)C(=O)NN. The van der Waals surface area contributed by atoms with Gasteiger partial charge in [-0.2, -0.15) is 0 Å². The highest BCUT2D eigenvalue weighted by Gasteiger charge is 2.14. The molecule has 0 aliphatic heterocycles. The summed E-state index contributed by atoms with van der Waals surface area (Å²) in [5.41, 5.74) is 2.81. The number of carbonyl (C=O) groups is 2. The number of ether oxygens (including phenoxy) is 1. The van der Waals surface area contributed by atoms with Crippen LogP contribution in [-0.2, 0) is 16.1 Å². The summed E-state index contributed by atoms with van der Waals surface area (Å²) >= 11 is 0. The lowest BCUT2D eigenvalue weighted by atomic mass is 10.2. The van der Waals surface area contributed by atoms with Crippen LogP contribution in [0.25, 0.3) is 0 Å². The molecule has 0 aliphatic rings. The highest BCUT2D eigenvalue weighted by atomic mass is 16.5. The zero-order valence-electron chi connectivity index (χ0n) is 9.47. The molecular formula is C11H15N3O3. The van der Waals surface area contributed by atoms with Crippen molar-refractivity contribution in [2.24, 2.45) is 5.84 Å². The Morgan fingerprint density at radius 3 is 2.59 bits per heavy atom. The Bertz CT molecular complexity index is 381. The zero-order valence-corrected chi connectivity index (χ0v) is 9.47. The Balaban J connectivity index is 2.33. The maximum absolute atomic E-state index is 11.3. The van der Waals surface area contributed by atoms with Crippen molar-refractivity contribution in [3.05, 3.63) is 35.9 Å². The fourth-order valence-electron chi connectivity index (χ4n) is 1.13. The van der Waals surface area contributed by atoms with Crippen LogP contribution in [0.15, 0.2) is 30.3 Å². The van der Waals surface area contributed by atoms with Crippen molar-refractivity contribution in [1.29, 1.82) is 0 Å². The van der Waals surface area contributed by atoms with Crippen LogP contribution in [-0.4, -0.2) is 18.0 Å². The first-order valence-corrected chi connectivity index (χ1v) is 5.11. The first-order chi connectivity index (χ1) is 8.13. The van der Waals surface area contributed by atoms with Crippen molar-refractivity contribution in [3.63, 3.8) is 0 Å². The lowest BCUT2D eigenvalue weighted by Crippen LogP contribution is -2.47. The maximum Gasteiger partial charge on any atom is 0.408 e. The van der Waals surface area contributed by atoms with Crippen molar-refractivity contribution in [2.45, 2.75) is 19.6 Å². The van der Waals surface area contributed by atoms with Crippen LogP contribution in [0.4, 0.5) is 4.79 Å². The maximum atomic E-state index is 11.3. The molecule has 6 heteroatoms. The molecule has 0 aliphatic carbocycles. The summed E-state index contributed by atoms with van der Waals surface area (Å²) in [7, 11) is 0. The van der Waals surface area contributed by atoms with Crippen LogP contribution in [0, 0.1) is 0 Å². The molecule has 0 bridgehead atoms. The van der Waals surface area contributed by atoms with Crippen molar-refractivity contribution >= 4 is 12.0 Å². The molecule has 1 rings (SSSR count). The van der Waals surface area contributed by atoms with Gasteiger partial charge in [0.1, 0.15) is 12.6 Å². The summed E-state index contributed by atoms with van der Waals surface area (Å²) < 4.78 is 4.92. The highest BCUT2D eigenvalue weighted by Crippen LogP contribution is 2.00. The van der Waals surface area contributed by atoms with Crippen LogP contribution in [0.3, 0.4) is 0 Å². The number of hydrazine groups is 1. The van der Waals surface area contributed by atoms with E-state index in [1.54, 1.807) is 0 Å². The lowest BCUT2D eigenvalue weighted by Gasteiger charge is -2.12. The average molecular weight is 237 g/mol. The monoisotopic (exact) mass is 237 g/mol. The van der Waals surface area contributed by atoms with E-state index in [0.717, 1.165) is 5.56 Å². The Hall–Kier alpha value is -2.08. The van der Waals surface area contributed by atoms with Crippen LogP contribution >= 0.6 is 0 Å². The van der Waals surface area contributed by atoms with Crippen molar-refractivity contribution in [3.8, 4) is 0 Å². The second-order valence-electron chi connectivity index (χ2n) is 3.44. The van der Waals surface area contributed by atoms with Gasteiger partial charge in [0.2, 0.25) is 0 Å². The molecule has 0 radical (unpaired) electrons. The Labute approximate surface area is 99.1 Å². The Morgan fingerprint density at radius 2 is 2.00 bits per heavy atom. The number of hydrogen-bond donors (Lipinski definition) is 3. The molecule has 0 unspecified atom stereocenters. The second-order valence-corrected chi connectivity index (χ2v) is 3.44. The third-order valence-electron chi connectivity index (χ3n) is 2.08. The summed E-state index contributed by atoms with van der Waals surface area (Å²) in [6.45, 7) is 1.66. The van der Waals surface area contributed by atoms with E-state index < -0.39 is 18.0 Å². The number of nitrogens with one attached hydrogen (secondary N) is 2. The van der Waals surface area contributed by atoms with Gasteiger partial charge < -0.3 is 10.1 Å². The highest BCUT2D eigenvalue weighted by molar-refractivity contribution is 5.84. The molecule has 17 heavy (non-hydrogen) atoms. The predicted molar refractivity (Wildman–Crippen MR) is 61.6 cm³/mol. The molecule has 0 heterocycles. The van der Waals surface area contributed by atoms with Crippen LogP contribution in [0.1, 0.15) is 12.5 Å². The Morgan fingerprint density at radius 1 is 1.35 bits per heavy atom. The first kappa shape index (κ1) is 13.0. The smallest absolute Gasteiger partial charge is 0.408 e. The predicted octanol–water partition coefficient (Wildman–Crippen LogP) is 0.291. The first-order valence-electron chi connectivity index (χ1n) is 5.11. The van der Waals surface area contributed by atoms with Crippen LogP contribution in [0.2, 0.25) is 0 Å². The molecule has 6 nitrogen and oxygen atoms in total. The number of hydrogen-bond acceptors (Lipinski definition) is 4. The summed E-state index contributed by atoms with van der Waals surface area (Å²) in [4.78, 5) is 22.3. The van der Waals surface area contributed by atoms with Gasteiger partial charge in [-0.05, 0) is 12.5 Å². The molecule has 1 aromatic rings. The van der Waals surface area contributed by atoms with Crippen molar-refractivity contribution < 1.29 is 14.3 Å². The quantitative estimate of drug-likeness (QED) is 0.398. The van der Waals surface area contributed by atoms with E-state index in [1.807, 2.05) is 35.8 Å². The number of amides is 2. The molecule has 0 saturated carbocycles. The summed E-state index contributed by atoms with van der Waals surface area (Å²) in [5, 5.41) is 2.35. The molecule has 0 aromatic heterocycles. The van der Waals surface area contributed by atoms with E-state index in [-0.39, 0.29) is 6.61 Å². The molecule has 0 fully saturated rings. The number of alkyl carbamates (subject to hydrolysis) is 1. The van der Waals surface area contributed by atoms with Gasteiger partial charge in [0.15, 0.2) is 0 Å². The largest absolute Gasteiger partial charge is 0.445 e. The summed E-state index contributed by atoms with van der Waals surface area (Å²) in [6, 6.07) is 8.51. The van der Waals surface area contributed by atoms with E-state index in [0.29, 0.717) is 0 Å². The number of carbonyl (C=O) groups excluding carboxylic acids is 2. The van der Waals surface area contributed by atoms with Gasteiger partial charge in [-0.3, -0.25) is 10.2 Å². The molecule has 1 aromatic carbocycles. The number of nitrogens with two attached hydrogens (primary N) is 1. The van der Waals surface area contributed by atoms with Crippen LogP contribution in [0.5, 0.6) is 0 Å². The van der Waals surface area contributed by atoms with Gasteiger partial charge in [0.05, 0.1) is 0 Å². The second kappa shape index (κ2) is 6.49. The van der Waals surface area contributed by atoms with Crippen molar-refractivity contribution in [1.82, 2.24) is 10.7 Å². The fourth-order valence-corrected chi connectivity index (χ4v) is 1.13. The Kier molecular flexibility index (Phi) is 4.96. The van der Waals surface area contributed by atoms with Gasteiger partial charge in [-0.25, -0.2) is 10.6 Å². The van der Waals surface area contributed by atoms with Crippen molar-refractivity contribution in [2.75, 3.05) is 0 Å². The van der Waals surface area contributed by atoms with E-state index in [9.17, 15) is 9.59 Å². The molecule has 2 amide bonds.